The van der Waals surface area contributed by atoms with E-state index in [2.05, 4.69) is 4.72 Å². The van der Waals surface area contributed by atoms with Gasteiger partial charge >= 0.3 is 0 Å². The van der Waals surface area contributed by atoms with E-state index in [-0.39, 0.29) is 0 Å². The molecule has 0 fully saturated rings. The second-order valence-corrected chi connectivity index (χ2v) is 5.71. The Hall–Kier alpha value is -1.07. The molecule has 0 saturated heterocycles. The lowest BCUT2D eigenvalue weighted by atomic mass is 10.1. The standard InChI is InChI=1S/C12H20N2O2S/c1-3-5-8-14-17(15,16)12-9-11(13)7-6-10(12)4-2/h6-7,9,14H,3-5,8,13H2,1-2H3. The predicted molar refractivity (Wildman–Crippen MR) is 70.3 cm³/mol. The third-order valence-electron chi connectivity index (χ3n) is 2.58. The van der Waals surface area contributed by atoms with Crippen LogP contribution in [0.25, 0.3) is 0 Å². The van der Waals surface area contributed by atoms with Gasteiger partial charge < -0.3 is 5.73 Å². The minimum absolute atomic E-state index is 0.302. The molecular weight excluding hydrogens is 236 g/mol. The fraction of sp³-hybridized carbons (Fsp3) is 0.500. The minimum atomic E-state index is -3.43. The molecule has 1 rings (SSSR count). The molecule has 1 aromatic carbocycles. The van der Waals surface area contributed by atoms with Crippen LogP contribution in [0.1, 0.15) is 32.3 Å². The van der Waals surface area contributed by atoms with Gasteiger partial charge in [-0.1, -0.05) is 26.3 Å². The third-order valence-corrected chi connectivity index (χ3v) is 4.13. The Morgan fingerprint density at radius 1 is 1.29 bits per heavy atom. The molecule has 0 saturated carbocycles. The highest BCUT2D eigenvalue weighted by Crippen LogP contribution is 2.19. The van der Waals surface area contributed by atoms with Crippen molar-refractivity contribution >= 4 is 15.7 Å². The quantitative estimate of drug-likeness (QED) is 0.603. The van der Waals surface area contributed by atoms with Gasteiger partial charge in [0.05, 0.1) is 4.90 Å². The Balaban J connectivity index is 3.00. The molecule has 1 aromatic rings. The molecule has 96 valence electrons. The molecule has 0 heterocycles. The van der Waals surface area contributed by atoms with Crippen molar-refractivity contribution in [2.45, 2.75) is 38.0 Å². The van der Waals surface area contributed by atoms with Crippen molar-refractivity contribution in [2.75, 3.05) is 12.3 Å². The van der Waals surface area contributed by atoms with Crippen LogP contribution in [0.5, 0.6) is 0 Å². The average molecular weight is 256 g/mol. The third kappa shape index (κ3) is 3.71. The summed E-state index contributed by atoms with van der Waals surface area (Å²) in [5.41, 5.74) is 6.91. The molecular formula is C12H20N2O2S. The topological polar surface area (TPSA) is 72.2 Å². The van der Waals surface area contributed by atoms with Gasteiger partial charge in [-0.25, -0.2) is 13.1 Å². The number of anilines is 1. The van der Waals surface area contributed by atoms with Crippen molar-refractivity contribution in [3.05, 3.63) is 23.8 Å². The van der Waals surface area contributed by atoms with Gasteiger partial charge in [-0.2, -0.15) is 0 Å². The zero-order valence-electron chi connectivity index (χ0n) is 10.4. The molecule has 0 unspecified atom stereocenters. The van der Waals surface area contributed by atoms with Crippen molar-refractivity contribution in [2.24, 2.45) is 0 Å². The van der Waals surface area contributed by atoms with Crippen molar-refractivity contribution in [3.63, 3.8) is 0 Å². The number of unbranched alkanes of at least 4 members (excludes halogenated alkanes) is 1. The van der Waals surface area contributed by atoms with Crippen LogP contribution in [0.3, 0.4) is 0 Å². The van der Waals surface area contributed by atoms with Crippen molar-refractivity contribution in [1.82, 2.24) is 4.72 Å². The van der Waals surface area contributed by atoms with E-state index >= 15 is 0 Å². The smallest absolute Gasteiger partial charge is 0.240 e. The van der Waals surface area contributed by atoms with E-state index in [0.717, 1.165) is 18.4 Å². The van der Waals surface area contributed by atoms with Crippen LogP contribution >= 0.6 is 0 Å². The Kier molecular flexibility index (Phi) is 4.96. The average Bonchev–Trinajstić information content (AvgIpc) is 2.29. The van der Waals surface area contributed by atoms with Gasteiger partial charge in [0.15, 0.2) is 0 Å². The predicted octanol–water partition coefficient (Wildman–Crippen LogP) is 1.91. The van der Waals surface area contributed by atoms with E-state index in [1.165, 1.54) is 6.07 Å². The summed E-state index contributed by atoms with van der Waals surface area (Å²) in [5.74, 6) is 0. The highest BCUT2D eigenvalue weighted by atomic mass is 32.2. The van der Waals surface area contributed by atoms with Gasteiger partial charge in [-0.05, 0) is 30.5 Å². The summed E-state index contributed by atoms with van der Waals surface area (Å²) in [6.07, 6.45) is 2.47. The molecule has 0 aliphatic carbocycles. The zero-order chi connectivity index (χ0) is 12.9. The first-order valence-electron chi connectivity index (χ1n) is 5.89. The molecule has 0 spiro atoms. The summed E-state index contributed by atoms with van der Waals surface area (Å²) in [4.78, 5) is 0.302. The molecule has 0 bridgehead atoms. The Morgan fingerprint density at radius 2 is 2.00 bits per heavy atom. The highest BCUT2D eigenvalue weighted by Gasteiger charge is 2.17. The fourth-order valence-corrected chi connectivity index (χ4v) is 2.99. The van der Waals surface area contributed by atoms with Gasteiger partial charge in [0.2, 0.25) is 10.0 Å². The number of rotatable bonds is 6. The maximum Gasteiger partial charge on any atom is 0.240 e. The number of aryl methyl sites for hydroxylation is 1. The van der Waals surface area contributed by atoms with Crippen LogP contribution in [0.2, 0.25) is 0 Å². The molecule has 4 nitrogen and oxygen atoms in total. The maximum absolute atomic E-state index is 12.1. The lowest BCUT2D eigenvalue weighted by molar-refractivity contribution is 0.577. The van der Waals surface area contributed by atoms with Gasteiger partial charge in [-0.15, -0.1) is 0 Å². The Bertz CT molecular complexity index is 469. The first-order chi connectivity index (χ1) is 8.01. The second kappa shape index (κ2) is 6.02. The fourth-order valence-electron chi connectivity index (χ4n) is 1.57. The van der Waals surface area contributed by atoms with Crippen LogP contribution in [-0.4, -0.2) is 15.0 Å². The van der Waals surface area contributed by atoms with Crippen LogP contribution in [0.4, 0.5) is 5.69 Å². The number of benzene rings is 1. The summed E-state index contributed by atoms with van der Waals surface area (Å²) in [6.45, 7) is 4.42. The normalized spacial score (nSPS) is 11.6. The monoisotopic (exact) mass is 256 g/mol. The lowest BCUT2D eigenvalue weighted by Gasteiger charge is -2.11. The summed E-state index contributed by atoms with van der Waals surface area (Å²) in [5, 5.41) is 0. The molecule has 0 aromatic heterocycles. The molecule has 0 aliphatic rings. The summed E-state index contributed by atoms with van der Waals surface area (Å²) in [6, 6.07) is 5.01. The van der Waals surface area contributed by atoms with Gasteiger partial charge in [-0.3, -0.25) is 0 Å². The number of sulfonamides is 1. The van der Waals surface area contributed by atoms with E-state index < -0.39 is 10.0 Å². The van der Waals surface area contributed by atoms with Crippen molar-refractivity contribution in [3.8, 4) is 0 Å². The molecule has 0 radical (unpaired) electrons. The summed E-state index contributed by atoms with van der Waals surface area (Å²) >= 11 is 0. The van der Waals surface area contributed by atoms with Crippen LogP contribution < -0.4 is 10.5 Å². The largest absolute Gasteiger partial charge is 0.399 e. The Labute approximate surface area is 103 Å². The SMILES string of the molecule is CCCCNS(=O)(=O)c1cc(N)ccc1CC. The molecule has 0 aliphatic heterocycles. The summed E-state index contributed by atoms with van der Waals surface area (Å²) in [7, 11) is -3.43. The van der Waals surface area contributed by atoms with Crippen molar-refractivity contribution in [1.29, 1.82) is 0 Å². The van der Waals surface area contributed by atoms with E-state index in [1.54, 1.807) is 12.1 Å². The number of hydrogen-bond donors (Lipinski definition) is 2. The number of nitrogens with one attached hydrogen (secondary N) is 1. The summed E-state index contributed by atoms with van der Waals surface area (Å²) < 4.78 is 26.7. The first kappa shape index (κ1) is 14.0. The number of hydrogen-bond acceptors (Lipinski definition) is 3. The van der Waals surface area contributed by atoms with E-state index in [0.29, 0.717) is 23.5 Å². The van der Waals surface area contributed by atoms with Gasteiger partial charge in [0.25, 0.3) is 0 Å². The second-order valence-electron chi connectivity index (χ2n) is 3.97. The minimum Gasteiger partial charge on any atom is -0.399 e. The van der Waals surface area contributed by atoms with E-state index in [1.807, 2.05) is 13.8 Å². The van der Waals surface area contributed by atoms with E-state index in [9.17, 15) is 8.42 Å². The molecule has 17 heavy (non-hydrogen) atoms. The lowest BCUT2D eigenvalue weighted by Crippen LogP contribution is -2.25. The van der Waals surface area contributed by atoms with Gasteiger partial charge in [0.1, 0.15) is 0 Å². The number of nitrogens with two attached hydrogens (primary N) is 1. The van der Waals surface area contributed by atoms with Gasteiger partial charge in [0, 0.05) is 12.2 Å². The van der Waals surface area contributed by atoms with Crippen LogP contribution in [-0.2, 0) is 16.4 Å². The van der Waals surface area contributed by atoms with Crippen LogP contribution in [0.15, 0.2) is 23.1 Å². The van der Waals surface area contributed by atoms with Crippen LogP contribution in [0, 0.1) is 0 Å². The first-order valence-corrected chi connectivity index (χ1v) is 7.37. The zero-order valence-corrected chi connectivity index (χ0v) is 11.2. The molecule has 5 heteroatoms. The van der Waals surface area contributed by atoms with Crippen molar-refractivity contribution < 1.29 is 8.42 Å². The Morgan fingerprint density at radius 3 is 2.59 bits per heavy atom. The molecule has 0 atom stereocenters. The molecule has 0 amide bonds. The molecule has 3 N–H and O–H groups in total. The van der Waals surface area contributed by atoms with E-state index in [4.69, 9.17) is 5.73 Å². The number of nitrogen functional groups attached to an aromatic ring is 1. The maximum atomic E-state index is 12.1. The highest BCUT2D eigenvalue weighted by molar-refractivity contribution is 7.89.